The highest BCUT2D eigenvalue weighted by Crippen LogP contribution is 2.20. The number of nitrogens with zero attached hydrogens (tertiary/aromatic N) is 3. The smallest absolute Gasteiger partial charge is 0.255 e. The molecule has 0 bridgehead atoms. The number of sulfonamides is 1. The van der Waals surface area contributed by atoms with Gasteiger partial charge in [-0.3, -0.25) is 4.79 Å². The molecule has 31 heavy (non-hydrogen) atoms. The fraction of sp³-hybridized carbons (Fsp3) is 0.273. The van der Waals surface area contributed by atoms with Crippen molar-refractivity contribution in [3.63, 3.8) is 0 Å². The van der Waals surface area contributed by atoms with Gasteiger partial charge in [-0.25, -0.2) is 13.4 Å². The van der Waals surface area contributed by atoms with Gasteiger partial charge in [-0.1, -0.05) is 0 Å². The number of amides is 1. The van der Waals surface area contributed by atoms with Crippen LogP contribution in [0.5, 0.6) is 5.75 Å². The molecule has 0 spiro atoms. The van der Waals surface area contributed by atoms with Crippen LogP contribution < -0.4 is 10.1 Å². The first-order valence-corrected chi connectivity index (χ1v) is 11.2. The molecule has 9 heteroatoms. The van der Waals surface area contributed by atoms with Crippen LogP contribution in [0.25, 0.3) is 0 Å². The third-order valence-electron chi connectivity index (χ3n) is 4.92. The lowest BCUT2D eigenvalue weighted by Gasteiger charge is -2.21. The highest BCUT2D eigenvalue weighted by molar-refractivity contribution is 7.89. The summed E-state index contributed by atoms with van der Waals surface area (Å²) >= 11 is 0. The molecule has 0 atom stereocenters. The van der Waals surface area contributed by atoms with E-state index in [0.29, 0.717) is 23.6 Å². The Morgan fingerprint density at radius 3 is 2.32 bits per heavy atom. The number of nitrogens with one attached hydrogen (secondary N) is 1. The lowest BCUT2D eigenvalue weighted by atomic mass is 10.2. The molecule has 1 aromatic heterocycles. The van der Waals surface area contributed by atoms with E-state index >= 15 is 0 Å². The van der Waals surface area contributed by atoms with E-state index in [4.69, 9.17) is 4.74 Å². The third kappa shape index (κ3) is 5.31. The molecule has 3 rings (SSSR count). The number of anilines is 1. The van der Waals surface area contributed by atoms with Crippen molar-refractivity contribution in [3.8, 4) is 5.75 Å². The van der Waals surface area contributed by atoms with E-state index in [9.17, 15) is 13.2 Å². The summed E-state index contributed by atoms with van der Waals surface area (Å²) in [6.07, 6.45) is 3.55. The summed E-state index contributed by atoms with van der Waals surface area (Å²) in [6, 6.07) is 12.7. The first-order chi connectivity index (χ1) is 14.7. The second-order valence-electron chi connectivity index (χ2n) is 7.36. The zero-order valence-corrected chi connectivity index (χ0v) is 18.8. The minimum absolute atomic E-state index is 0.153. The molecule has 1 N–H and O–H groups in total. The van der Waals surface area contributed by atoms with Gasteiger partial charge in [0.15, 0.2) is 0 Å². The molecule has 0 aliphatic heterocycles. The first kappa shape index (κ1) is 22.5. The van der Waals surface area contributed by atoms with Crippen LogP contribution in [-0.4, -0.2) is 41.3 Å². The maximum absolute atomic E-state index is 12.5. The van der Waals surface area contributed by atoms with Gasteiger partial charge in [0.05, 0.1) is 4.90 Å². The second kappa shape index (κ2) is 9.32. The van der Waals surface area contributed by atoms with Crippen LogP contribution >= 0.6 is 0 Å². The first-order valence-electron chi connectivity index (χ1n) is 9.77. The number of rotatable bonds is 8. The highest BCUT2D eigenvalue weighted by atomic mass is 32.2. The largest absolute Gasteiger partial charge is 0.486 e. The average Bonchev–Trinajstić information content (AvgIpc) is 3.17. The minimum atomic E-state index is -3.56. The Hall–Kier alpha value is -3.17. The number of carbonyl (C=O) groups excluding carboxylic acids is 1. The quantitative estimate of drug-likeness (QED) is 0.578. The zero-order valence-electron chi connectivity index (χ0n) is 17.9. The third-order valence-corrected chi connectivity index (χ3v) is 6.97. The standard InChI is InChI=1S/C22H26N4O4S/c1-16(2)26(4)31(28,29)20-11-7-18(8-12-20)24-22(27)17-5-9-19(10-6-17)30-15-21-23-13-14-25(21)3/h5-14,16H,15H2,1-4H3,(H,24,27). The molecule has 0 aliphatic carbocycles. The van der Waals surface area contributed by atoms with E-state index in [1.807, 2.05) is 17.8 Å². The number of ether oxygens (including phenoxy) is 1. The topological polar surface area (TPSA) is 93.5 Å². The van der Waals surface area contributed by atoms with Crippen molar-refractivity contribution in [1.82, 2.24) is 13.9 Å². The van der Waals surface area contributed by atoms with Crippen molar-refractivity contribution in [2.75, 3.05) is 12.4 Å². The molecule has 1 amide bonds. The molecule has 0 saturated carbocycles. The number of hydrogen-bond acceptors (Lipinski definition) is 5. The number of aryl methyl sites for hydroxylation is 1. The van der Waals surface area contributed by atoms with Gasteiger partial charge in [-0.2, -0.15) is 4.31 Å². The lowest BCUT2D eigenvalue weighted by molar-refractivity contribution is 0.102. The Morgan fingerprint density at radius 2 is 1.77 bits per heavy atom. The van der Waals surface area contributed by atoms with Gasteiger partial charge in [-0.15, -0.1) is 0 Å². The summed E-state index contributed by atoms with van der Waals surface area (Å²) < 4.78 is 33.9. The maximum atomic E-state index is 12.5. The van der Waals surface area contributed by atoms with Crippen LogP contribution in [0.1, 0.15) is 30.0 Å². The van der Waals surface area contributed by atoms with Crippen LogP contribution in [0.2, 0.25) is 0 Å². The molecule has 2 aromatic carbocycles. The molecular weight excluding hydrogens is 416 g/mol. The summed E-state index contributed by atoms with van der Waals surface area (Å²) in [5.74, 6) is 1.13. The van der Waals surface area contributed by atoms with E-state index in [2.05, 4.69) is 10.3 Å². The Kier molecular flexibility index (Phi) is 6.77. The van der Waals surface area contributed by atoms with Gasteiger partial charge < -0.3 is 14.6 Å². The van der Waals surface area contributed by atoms with Crippen LogP contribution in [0.3, 0.4) is 0 Å². The number of hydrogen-bond donors (Lipinski definition) is 1. The Labute approximate surface area is 182 Å². The molecule has 0 radical (unpaired) electrons. The molecule has 0 saturated heterocycles. The molecule has 164 valence electrons. The molecule has 0 unspecified atom stereocenters. The summed E-state index contributed by atoms with van der Waals surface area (Å²) in [6.45, 7) is 3.94. The lowest BCUT2D eigenvalue weighted by Crippen LogP contribution is -2.33. The molecule has 3 aromatic rings. The molecule has 0 fully saturated rings. The van der Waals surface area contributed by atoms with E-state index in [1.165, 1.54) is 16.4 Å². The second-order valence-corrected chi connectivity index (χ2v) is 9.36. The molecule has 1 heterocycles. The Balaban J connectivity index is 1.61. The van der Waals surface area contributed by atoms with Crippen molar-refractivity contribution in [3.05, 3.63) is 72.3 Å². The fourth-order valence-corrected chi connectivity index (χ4v) is 4.11. The number of imidazole rings is 1. The van der Waals surface area contributed by atoms with Crippen molar-refractivity contribution in [2.24, 2.45) is 7.05 Å². The normalized spacial score (nSPS) is 11.7. The van der Waals surface area contributed by atoms with Crippen LogP contribution in [0.15, 0.2) is 65.8 Å². The zero-order chi connectivity index (χ0) is 22.6. The monoisotopic (exact) mass is 442 g/mol. The van der Waals surface area contributed by atoms with Crippen LogP contribution in [0, 0.1) is 0 Å². The van der Waals surface area contributed by atoms with E-state index in [-0.39, 0.29) is 16.8 Å². The Bertz CT molecular complexity index is 1140. The van der Waals surface area contributed by atoms with Crippen LogP contribution in [-0.2, 0) is 23.7 Å². The maximum Gasteiger partial charge on any atom is 0.255 e. The Morgan fingerprint density at radius 1 is 1.13 bits per heavy atom. The van der Waals surface area contributed by atoms with Gasteiger partial charge in [0, 0.05) is 43.8 Å². The van der Waals surface area contributed by atoms with Gasteiger partial charge in [0.1, 0.15) is 18.2 Å². The van der Waals surface area contributed by atoms with E-state index in [1.54, 1.807) is 63.5 Å². The van der Waals surface area contributed by atoms with Gasteiger partial charge >= 0.3 is 0 Å². The van der Waals surface area contributed by atoms with Crippen molar-refractivity contribution in [2.45, 2.75) is 31.4 Å². The van der Waals surface area contributed by atoms with Crippen molar-refractivity contribution < 1.29 is 17.9 Å². The SMILES string of the molecule is CC(C)N(C)S(=O)(=O)c1ccc(NC(=O)c2ccc(OCc3nccn3C)cc2)cc1. The number of aromatic nitrogens is 2. The average molecular weight is 443 g/mol. The minimum Gasteiger partial charge on any atom is -0.486 e. The van der Waals surface area contributed by atoms with Crippen molar-refractivity contribution in [1.29, 1.82) is 0 Å². The predicted octanol–water partition coefficient (Wildman–Crippen LogP) is 3.28. The summed E-state index contributed by atoms with van der Waals surface area (Å²) in [4.78, 5) is 16.9. The van der Waals surface area contributed by atoms with Crippen LogP contribution in [0.4, 0.5) is 5.69 Å². The molecular formula is C22H26N4O4S. The van der Waals surface area contributed by atoms with E-state index < -0.39 is 10.0 Å². The summed E-state index contributed by atoms with van der Waals surface area (Å²) in [5.41, 5.74) is 0.965. The highest BCUT2D eigenvalue weighted by Gasteiger charge is 2.22. The molecule has 8 nitrogen and oxygen atoms in total. The predicted molar refractivity (Wildman–Crippen MR) is 118 cm³/mol. The van der Waals surface area contributed by atoms with Gasteiger partial charge in [-0.05, 0) is 62.4 Å². The van der Waals surface area contributed by atoms with Gasteiger partial charge in [0.2, 0.25) is 10.0 Å². The number of carbonyl (C=O) groups is 1. The fourth-order valence-electron chi connectivity index (χ4n) is 2.74. The number of benzene rings is 2. The summed E-state index contributed by atoms with van der Waals surface area (Å²) in [5, 5.41) is 2.77. The summed E-state index contributed by atoms with van der Waals surface area (Å²) in [7, 11) is -0.131. The van der Waals surface area contributed by atoms with E-state index in [0.717, 1.165) is 5.82 Å². The van der Waals surface area contributed by atoms with Gasteiger partial charge in [0.25, 0.3) is 5.91 Å². The molecule has 0 aliphatic rings. The van der Waals surface area contributed by atoms with Crippen molar-refractivity contribution >= 4 is 21.6 Å².